The first-order valence-corrected chi connectivity index (χ1v) is 10.3. The molecule has 0 saturated heterocycles. The van der Waals surface area contributed by atoms with Crippen molar-refractivity contribution in [3.05, 3.63) is 57.8 Å². The van der Waals surface area contributed by atoms with Crippen molar-refractivity contribution in [2.24, 2.45) is 0 Å². The van der Waals surface area contributed by atoms with Gasteiger partial charge in [-0.2, -0.15) is 4.31 Å². The van der Waals surface area contributed by atoms with Gasteiger partial charge in [-0.15, -0.1) is 0 Å². The number of carbonyl (C=O) groups excluding carboxylic acids is 1. The second-order valence-electron chi connectivity index (χ2n) is 5.65. The fourth-order valence-corrected chi connectivity index (χ4v) is 4.66. The molecule has 26 heavy (non-hydrogen) atoms. The smallest absolute Gasteiger partial charge is 0.256 e. The number of benzene rings is 2. The maximum atomic E-state index is 13.4. The van der Waals surface area contributed by atoms with Crippen LogP contribution in [0.15, 0.2) is 45.8 Å². The lowest BCUT2D eigenvalue weighted by molar-refractivity contribution is 0.102. The lowest BCUT2D eigenvalue weighted by Crippen LogP contribution is -2.31. The number of nitrogens with one attached hydrogen (secondary N) is 1. The van der Waals surface area contributed by atoms with E-state index < -0.39 is 21.7 Å². The Morgan fingerprint density at radius 1 is 1.15 bits per heavy atom. The predicted molar refractivity (Wildman–Crippen MR) is 103 cm³/mol. The highest BCUT2D eigenvalue weighted by Gasteiger charge is 2.24. The van der Waals surface area contributed by atoms with Crippen molar-refractivity contribution in [1.29, 1.82) is 0 Å². The molecule has 1 N–H and O–H groups in total. The van der Waals surface area contributed by atoms with Gasteiger partial charge in [0.05, 0.1) is 10.5 Å². The second kappa shape index (κ2) is 8.28. The summed E-state index contributed by atoms with van der Waals surface area (Å²) >= 11 is 3.21. The molecule has 0 heterocycles. The molecule has 5 nitrogen and oxygen atoms in total. The zero-order valence-corrected chi connectivity index (χ0v) is 17.1. The van der Waals surface area contributed by atoms with Crippen LogP contribution in [0.4, 0.5) is 10.1 Å². The highest BCUT2D eigenvalue weighted by molar-refractivity contribution is 9.10. The molecule has 0 aromatic heterocycles. The number of rotatable bonds is 6. The van der Waals surface area contributed by atoms with Crippen LogP contribution in [0, 0.1) is 12.7 Å². The van der Waals surface area contributed by atoms with E-state index in [-0.39, 0.29) is 10.5 Å². The molecule has 2 aromatic rings. The van der Waals surface area contributed by atoms with Crippen LogP contribution in [0.2, 0.25) is 0 Å². The molecule has 0 atom stereocenters. The Morgan fingerprint density at radius 2 is 1.81 bits per heavy atom. The van der Waals surface area contributed by atoms with Gasteiger partial charge < -0.3 is 5.32 Å². The maximum absolute atomic E-state index is 13.4. The molecule has 140 valence electrons. The van der Waals surface area contributed by atoms with Crippen molar-refractivity contribution >= 4 is 37.5 Å². The Kier molecular flexibility index (Phi) is 6.54. The first-order valence-electron chi connectivity index (χ1n) is 8.07. The lowest BCUT2D eigenvalue weighted by atomic mass is 10.2. The average Bonchev–Trinajstić information content (AvgIpc) is 2.59. The molecule has 0 radical (unpaired) electrons. The number of amides is 1. The molecule has 1 amide bonds. The number of sulfonamides is 1. The van der Waals surface area contributed by atoms with E-state index in [1.807, 2.05) is 0 Å². The average molecular weight is 443 g/mol. The predicted octanol–water partition coefficient (Wildman–Crippen LogP) is 4.18. The lowest BCUT2D eigenvalue weighted by Gasteiger charge is -2.20. The van der Waals surface area contributed by atoms with Crippen molar-refractivity contribution in [2.75, 3.05) is 18.4 Å². The Balaban J connectivity index is 2.38. The molecule has 2 aromatic carbocycles. The third-order valence-corrected chi connectivity index (χ3v) is 6.83. The van der Waals surface area contributed by atoms with Crippen LogP contribution < -0.4 is 5.32 Å². The summed E-state index contributed by atoms with van der Waals surface area (Å²) in [6.45, 7) is 5.94. The fraction of sp³-hybridized carbons (Fsp3) is 0.278. The highest BCUT2D eigenvalue weighted by Crippen LogP contribution is 2.25. The van der Waals surface area contributed by atoms with Gasteiger partial charge in [-0.25, -0.2) is 12.8 Å². The van der Waals surface area contributed by atoms with E-state index in [2.05, 4.69) is 21.2 Å². The minimum Gasteiger partial charge on any atom is -0.322 e. The van der Waals surface area contributed by atoms with Gasteiger partial charge in [0.25, 0.3) is 5.91 Å². The monoisotopic (exact) mass is 442 g/mol. The van der Waals surface area contributed by atoms with Crippen molar-refractivity contribution in [3.8, 4) is 0 Å². The minimum absolute atomic E-state index is 0.124. The van der Waals surface area contributed by atoms with Gasteiger partial charge in [-0.05, 0) is 58.7 Å². The largest absolute Gasteiger partial charge is 0.322 e. The van der Waals surface area contributed by atoms with Crippen LogP contribution in [0.3, 0.4) is 0 Å². The van der Waals surface area contributed by atoms with E-state index in [0.717, 1.165) is 6.07 Å². The fourth-order valence-electron chi connectivity index (χ4n) is 2.53. The summed E-state index contributed by atoms with van der Waals surface area (Å²) in [6, 6.07) is 8.46. The molecule has 0 bridgehead atoms. The number of halogens is 2. The minimum atomic E-state index is -3.66. The standard InChI is InChI=1S/C18H20BrFN2O3S/c1-4-22(5-2)26(24,25)17-11-14(8-6-12(17)3)21-18(23)15-10-13(20)7-9-16(15)19/h6-11H,4-5H2,1-3H3,(H,21,23). The Hall–Kier alpha value is -1.77. The molecular formula is C18H20BrFN2O3S. The van der Waals surface area contributed by atoms with Gasteiger partial charge in [-0.3, -0.25) is 4.79 Å². The van der Waals surface area contributed by atoms with E-state index in [1.54, 1.807) is 32.9 Å². The Bertz CT molecular complexity index is 928. The van der Waals surface area contributed by atoms with Gasteiger partial charge in [0.2, 0.25) is 10.0 Å². The Morgan fingerprint density at radius 3 is 2.42 bits per heavy atom. The second-order valence-corrected chi connectivity index (χ2v) is 8.41. The van der Waals surface area contributed by atoms with E-state index in [1.165, 1.54) is 22.5 Å². The van der Waals surface area contributed by atoms with E-state index in [0.29, 0.717) is 28.8 Å². The summed E-state index contributed by atoms with van der Waals surface area (Å²) in [6.07, 6.45) is 0. The quantitative estimate of drug-likeness (QED) is 0.729. The molecule has 0 saturated carbocycles. The van der Waals surface area contributed by atoms with Crippen LogP contribution >= 0.6 is 15.9 Å². The first kappa shape index (κ1) is 20.5. The van der Waals surface area contributed by atoms with E-state index >= 15 is 0 Å². The van der Waals surface area contributed by atoms with Crippen LogP contribution in [-0.4, -0.2) is 31.7 Å². The number of aryl methyl sites for hydroxylation is 1. The van der Waals surface area contributed by atoms with Crippen LogP contribution in [0.1, 0.15) is 29.8 Å². The maximum Gasteiger partial charge on any atom is 0.256 e. The molecule has 8 heteroatoms. The third kappa shape index (κ3) is 4.31. The van der Waals surface area contributed by atoms with Crippen LogP contribution in [0.5, 0.6) is 0 Å². The number of hydrogen-bond acceptors (Lipinski definition) is 3. The summed E-state index contributed by atoms with van der Waals surface area (Å²) in [5.74, 6) is -1.07. The molecule has 0 unspecified atom stereocenters. The van der Waals surface area contributed by atoms with Gasteiger partial charge in [0.1, 0.15) is 5.82 Å². The molecule has 0 aliphatic rings. The summed E-state index contributed by atoms with van der Waals surface area (Å²) in [4.78, 5) is 12.5. The zero-order chi connectivity index (χ0) is 19.5. The van der Waals surface area contributed by atoms with Crippen molar-refractivity contribution in [3.63, 3.8) is 0 Å². The third-order valence-electron chi connectivity index (χ3n) is 3.94. The summed E-state index contributed by atoms with van der Waals surface area (Å²) in [5, 5.41) is 2.62. The van der Waals surface area contributed by atoms with Gasteiger partial charge >= 0.3 is 0 Å². The first-order chi connectivity index (χ1) is 12.2. The van der Waals surface area contributed by atoms with Gasteiger partial charge in [0, 0.05) is 23.2 Å². The van der Waals surface area contributed by atoms with E-state index in [4.69, 9.17) is 0 Å². The molecular weight excluding hydrogens is 423 g/mol. The normalized spacial score (nSPS) is 11.6. The topological polar surface area (TPSA) is 66.5 Å². The van der Waals surface area contributed by atoms with Crippen molar-refractivity contribution < 1.29 is 17.6 Å². The summed E-state index contributed by atoms with van der Waals surface area (Å²) < 4.78 is 40.8. The molecule has 2 rings (SSSR count). The summed E-state index contributed by atoms with van der Waals surface area (Å²) in [7, 11) is -3.66. The summed E-state index contributed by atoms with van der Waals surface area (Å²) in [5.41, 5.74) is 1.03. The van der Waals surface area contributed by atoms with Crippen molar-refractivity contribution in [2.45, 2.75) is 25.7 Å². The number of anilines is 1. The SMILES string of the molecule is CCN(CC)S(=O)(=O)c1cc(NC(=O)c2cc(F)ccc2Br)ccc1C. The number of nitrogens with zero attached hydrogens (tertiary/aromatic N) is 1. The van der Waals surface area contributed by atoms with E-state index in [9.17, 15) is 17.6 Å². The number of carbonyl (C=O) groups is 1. The van der Waals surface area contributed by atoms with Crippen LogP contribution in [0.25, 0.3) is 0 Å². The molecule has 0 spiro atoms. The molecule has 0 aliphatic heterocycles. The molecule has 0 aliphatic carbocycles. The van der Waals surface area contributed by atoms with Crippen LogP contribution in [-0.2, 0) is 10.0 Å². The van der Waals surface area contributed by atoms with Gasteiger partial charge in [0.15, 0.2) is 0 Å². The molecule has 0 fully saturated rings. The zero-order valence-electron chi connectivity index (χ0n) is 14.7. The van der Waals surface area contributed by atoms with Crippen molar-refractivity contribution in [1.82, 2.24) is 4.31 Å². The Labute approximate surface area is 161 Å². The highest BCUT2D eigenvalue weighted by atomic mass is 79.9. The van der Waals surface area contributed by atoms with Gasteiger partial charge in [-0.1, -0.05) is 19.9 Å². The number of hydrogen-bond donors (Lipinski definition) is 1.